The number of rotatable bonds is 6. The highest BCUT2D eigenvalue weighted by molar-refractivity contribution is 6.16. The van der Waals surface area contributed by atoms with E-state index in [9.17, 15) is 9.59 Å². The second-order valence-electron chi connectivity index (χ2n) is 8.09. The molecule has 0 bridgehead atoms. The number of aryl methyl sites for hydroxylation is 1. The third-order valence-corrected chi connectivity index (χ3v) is 6.08. The Morgan fingerprint density at radius 3 is 2.20 bits per heavy atom. The van der Waals surface area contributed by atoms with Crippen LogP contribution < -0.4 is 20.3 Å². The van der Waals surface area contributed by atoms with E-state index in [1.807, 2.05) is 60.1 Å². The first-order valence-electron chi connectivity index (χ1n) is 11.1. The molecule has 0 saturated heterocycles. The molecule has 2 heterocycles. The predicted octanol–water partition coefficient (Wildman–Crippen LogP) is 3.82. The number of para-hydroxylation sites is 1. The first-order chi connectivity index (χ1) is 17.0. The van der Waals surface area contributed by atoms with E-state index in [1.165, 1.54) is 4.68 Å². The number of aromatic nitrogens is 3. The van der Waals surface area contributed by atoms with Crippen LogP contribution in [0.1, 0.15) is 16.1 Å². The molecule has 0 aliphatic rings. The van der Waals surface area contributed by atoms with Gasteiger partial charge in [-0.25, -0.2) is 0 Å². The second-order valence-corrected chi connectivity index (χ2v) is 8.09. The van der Waals surface area contributed by atoms with Crippen molar-refractivity contribution < 1.29 is 14.3 Å². The van der Waals surface area contributed by atoms with Crippen LogP contribution in [0.15, 0.2) is 77.6 Å². The summed E-state index contributed by atoms with van der Waals surface area (Å²) >= 11 is 0. The molecule has 0 spiro atoms. The molecule has 0 unspecified atom stereocenters. The number of hydrogen-bond acceptors (Lipinski definition) is 5. The van der Waals surface area contributed by atoms with E-state index in [-0.39, 0.29) is 17.2 Å². The molecule has 0 atom stereocenters. The summed E-state index contributed by atoms with van der Waals surface area (Å²) in [4.78, 5) is 27.1. The lowest BCUT2D eigenvalue weighted by molar-refractivity contribution is 0.0946. The molecule has 5 rings (SSSR count). The molecule has 1 N–H and O–H groups in total. The van der Waals surface area contributed by atoms with Crippen molar-refractivity contribution in [2.75, 3.05) is 14.2 Å². The maximum absolute atomic E-state index is 13.6. The minimum absolute atomic E-state index is 0.181. The van der Waals surface area contributed by atoms with Crippen molar-refractivity contribution in [2.45, 2.75) is 6.54 Å². The summed E-state index contributed by atoms with van der Waals surface area (Å²) < 4.78 is 13.5. The predicted molar refractivity (Wildman–Crippen MR) is 135 cm³/mol. The maximum atomic E-state index is 13.6. The highest BCUT2D eigenvalue weighted by Crippen LogP contribution is 2.28. The Bertz CT molecular complexity index is 1600. The number of amides is 1. The standard InChI is InChI=1S/C27H24N4O4/c1-30-22-7-5-4-6-21(22)23-24(26(32)28-16-17-8-12-19(34-2)13-9-17)29-31(27(33)25(23)30)18-10-14-20(35-3)15-11-18/h4-15H,16H2,1-3H3,(H,28,32). The highest BCUT2D eigenvalue weighted by atomic mass is 16.5. The normalized spacial score (nSPS) is 11.1. The Morgan fingerprint density at radius 2 is 1.54 bits per heavy atom. The lowest BCUT2D eigenvalue weighted by atomic mass is 10.1. The van der Waals surface area contributed by atoms with Crippen molar-refractivity contribution in [3.63, 3.8) is 0 Å². The fourth-order valence-electron chi connectivity index (χ4n) is 4.25. The zero-order valence-electron chi connectivity index (χ0n) is 19.6. The maximum Gasteiger partial charge on any atom is 0.296 e. The van der Waals surface area contributed by atoms with E-state index < -0.39 is 0 Å². The summed E-state index contributed by atoms with van der Waals surface area (Å²) in [7, 11) is 5.01. The third kappa shape index (κ3) is 3.89. The number of fused-ring (bicyclic) bond motifs is 3. The largest absolute Gasteiger partial charge is 0.497 e. The number of nitrogens with zero attached hydrogens (tertiary/aromatic N) is 3. The molecule has 3 aromatic carbocycles. The summed E-state index contributed by atoms with van der Waals surface area (Å²) in [5.41, 5.74) is 2.57. The van der Waals surface area contributed by atoms with Gasteiger partial charge in [-0.2, -0.15) is 9.78 Å². The van der Waals surface area contributed by atoms with Crippen LogP contribution in [0.4, 0.5) is 0 Å². The summed E-state index contributed by atoms with van der Waals surface area (Å²) in [5, 5.41) is 8.83. The number of hydrogen-bond donors (Lipinski definition) is 1. The Hall–Kier alpha value is -4.59. The lowest BCUT2D eigenvalue weighted by Gasteiger charge is -2.11. The molecule has 1 amide bonds. The Balaban J connectivity index is 1.65. The van der Waals surface area contributed by atoms with Crippen LogP contribution in [0.25, 0.3) is 27.5 Å². The molecule has 8 heteroatoms. The first kappa shape index (κ1) is 22.2. The zero-order chi connectivity index (χ0) is 24.5. The van der Waals surface area contributed by atoms with Gasteiger partial charge in [0.2, 0.25) is 0 Å². The van der Waals surface area contributed by atoms with Crippen molar-refractivity contribution >= 4 is 27.7 Å². The van der Waals surface area contributed by atoms with E-state index in [1.54, 1.807) is 38.5 Å². The summed E-state index contributed by atoms with van der Waals surface area (Å²) in [6.45, 7) is 0.304. The number of carbonyl (C=O) groups is 1. The van der Waals surface area contributed by atoms with E-state index in [0.29, 0.717) is 28.9 Å². The van der Waals surface area contributed by atoms with Crippen molar-refractivity contribution in [3.05, 3.63) is 94.4 Å². The molecule has 2 aromatic heterocycles. The Morgan fingerprint density at radius 1 is 0.914 bits per heavy atom. The quantitative estimate of drug-likeness (QED) is 0.409. The number of nitrogens with one attached hydrogen (secondary N) is 1. The average Bonchev–Trinajstić information content (AvgIpc) is 3.21. The van der Waals surface area contributed by atoms with Gasteiger partial charge in [0.05, 0.1) is 19.9 Å². The van der Waals surface area contributed by atoms with Gasteiger partial charge in [0.15, 0.2) is 5.69 Å². The number of carbonyl (C=O) groups excluding carboxylic acids is 1. The van der Waals surface area contributed by atoms with E-state index in [2.05, 4.69) is 10.4 Å². The molecule has 5 aromatic rings. The monoisotopic (exact) mass is 468 g/mol. The van der Waals surface area contributed by atoms with E-state index >= 15 is 0 Å². The van der Waals surface area contributed by atoms with Crippen LogP contribution in [0.3, 0.4) is 0 Å². The van der Waals surface area contributed by atoms with Gasteiger partial charge in [-0.15, -0.1) is 0 Å². The molecular weight excluding hydrogens is 444 g/mol. The van der Waals surface area contributed by atoms with Gasteiger partial charge in [0.25, 0.3) is 11.5 Å². The molecule has 0 aliphatic heterocycles. The minimum Gasteiger partial charge on any atom is -0.497 e. The molecule has 8 nitrogen and oxygen atoms in total. The van der Waals surface area contributed by atoms with Gasteiger partial charge >= 0.3 is 0 Å². The van der Waals surface area contributed by atoms with Crippen LogP contribution >= 0.6 is 0 Å². The first-order valence-corrected chi connectivity index (χ1v) is 11.1. The zero-order valence-corrected chi connectivity index (χ0v) is 19.6. The number of ether oxygens (including phenoxy) is 2. The third-order valence-electron chi connectivity index (χ3n) is 6.08. The molecule has 0 fully saturated rings. The van der Waals surface area contributed by atoms with E-state index in [0.717, 1.165) is 22.2 Å². The Labute approximate surface area is 201 Å². The summed E-state index contributed by atoms with van der Waals surface area (Å²) in [5.74, 6) is 1.03. The fraction of sp³-hybridized carbons (Fsp3) is 0.148. The van der Waals surface area contributed by atoms with Gasteiger partial charge in [-0.3, -0.25) is 9.59 Å². The van der Waals surface area contributed by atoms with Crippen molar-refractivity contribution in [1.82, 2.24) is 19.7 Å². The van der Waals surface area contributed by atoms with Crippen LogP contribution in [0.5, 0.6) is 11.5 Å². The van der Waals surface area contributed by atoms with E-state index in [4.69, 9.17) is 9.47 Å². The van der Waals surface area contributed by atoms with Crippen molar-refractivity contribution in [3.8, 4) is 17.2 Å². The fourth-order valence-corrected chi connectivity index (χ4v) is 4.25. The van der Waals surface area contributed by atoms with Gasteiger partial charge in [-0.1, -0.05) is 30.3 Å². The molecule has 0 saturated carbocycles. The average molecular weight is 469 g/mol. The van der Waals surface area contributed by atoms with Gasteiger partial charge < -0.3 is 19.4 Å². The van der Waals surface area contributed by atoms with Crippen molar-refractivity contribution in [1.29, 1.82) is 0 Å². The number of methoxy groups -OCH3 is 2. The summed E-state index contributed by atoms with van der Waals surface area (Å²) in [6.07, 6.45) is 0. The van der Waals surface area contributed by atoms with Crippen LogP contribution in [0, 0.1) is 0 Å². The molecular formula is C27H24N4O4. The summed E-state index contributed by atoms with van der Waals surface area (Å²) in [6, 6.07) is 22.0. The molecule has 0 radical (unpaired) electrons. The molecule has 176 valence electrons. The second kappa shape index (κ2) is 8.98. The molecule has 0 aliphatic carbocycles. The minimum atomic E-state index is -0.371. The van der Waals surface area contributed by atoms with Crippen LogP contribution in [-0.4, -0.2) is 34.5 Å². The van der Waals surface area contributed by atoms with Crippen LogP contribution in [0.2, 0.25) is 0 Å². The van der Waals surface area contributed by atoms with Gasteiger partial charge in [0.1, 0.15) is 17.0 Å². The van der Waals surface area contributed by atoms with Gasteiger partial charge in [-0.05, 0) is 48.0 Å². The number of benzene rings is 3. The molecule has 35 heavy (non-hydrogen) atoms. The van der Waals surface area contributed by atoms with Crippen LogP contribution in [-0.2, 0) is 13.6 Å². The van der Waals surface area contributed by atoms with Gasteiger partial charge in [0, 0.05) is 29.9 Å². The SMILES string of the molecule is COc1ccc(CNC(=O)c2nn(-c3ccc(OC)cc3)c(=O)c3c2c2ccccc2n3C)cc1. The lowest BCUT2D eigenvalue weighted by Crippen LogP contribution is -2.30. The topological polar surface area (TPSA) is 87.4 Å². The smallest absolute Gasteiger partial charge is 0.296 e. The van der Waals surface area contributed by atoms with Crippen molar-refractivity contribution in [2.24, 2.45) is 7.05 Å². The highest BCUT2D eigenvalue weighted by Gasteiger charge is 2.23. The Kier molecular flexibility index (Phi) is 5.70.